The lowest BCUT2D eigenvalue weighted by atomic mass is 10.0. The third-order valence-corrected chi connectivity index (χ3v) is 12.1. The number of aromatic nitrogens is 4. The number of nitrogens with two attached hydrogens (primary N) is 1. The van der Waals surface area contributed by atoms with Crippen molar-refractivity contribution in [1.29, 1.82) is 0 Å². The topological polar surface area (TPSA) is 316 Å². The molecule has 406 valence electrons. The summed E-state index contributed by atoms with van der Waals surface area (Å²) in [5.74, 6) is -7.53. The van der Waals surface area contributed by atoms with Crippen molar-refractivity contribution in [3.05, 3.63) is 85.5 Å². The highest BCUT2D eigenvalue weighted by Crippen LogP contribution is 2.26. The van der Waals surface area contributed by atoms with Crippen LogP contribution in [0.1, 0.15) is 99.7 Å². The number of carbonyl (C=O) groups excluding carboxylic acids is 8. The quantitative estimate of drug-likeness (QED) is 0.0243. The molecule has 3 unspecified atom stereocenters. The van der Waals surface area contributed by atoms with Crippen LogP contribution in [-0.2, 0) is 56.0 Å². The maximum atomic E-state index is 13.9. The molecule has 0 radical (unpaired) electrons. The number of benzene rings is 2. The van der Waals surface area contributed by atoms with E-state index < -0.39 is 90.2 Å². The molecule has 0 aliphatic heterocycles. The third kappa shape index (κ3) is 19.6. The first-order valence-corrected chi connectivity index (χ1v) is 25.0. The molecule has 2 heterocycles. The number of amides is 6. The molecule has 0 bridgehead atoms. The molecule has 6 amide bonds. The summed E-state index contributed by atoms with van der Waals surface area (Å²) in [6, 6.07) is 8.64. The molecule has 0 saturated carbocycles. The first kappa shape index (κ1) is 60.5. The SMILES string of the molecule is COC(=O)C(CCC(=O)NC(CCCCN)C(=O)NC(CCCCNC(=O)CCCc1ccc(I)cc1)C(=O)OC)NC(=O)c1ccc(N(Cc2cnc3nc(NC(=O)C(C)C)[nH]c(=O)c3n2)C(=O)C(F)(F)F)cc1. The number of nitrogens with zero attached hydrogens (tertiary/aromatic N) is 4. The van der Waals surface area contributed by atoms with Gasteiger partial charge in [-0.1, -0.05) is 26.0 Å². The van der Waals surface area contributed by atoms with Crippen molar-refractivity contribution in [2.45, 2.75) is 115 Å². The van der Waals surface area contributed by atoms with Crippen LogP contribution >= 0.6 is 22.6 Å². The standard InChI is InChI=1S/C49H61F3IN11O11/c1-28(2)41(67)62-48-61-40-39(44(70)63-48)57-32(26-56-40)27-64(47(73)49(50,51)52)33-20-16-30(17-21-33)42(68)59-36(46(72)75-4)22-23-38(66)58-34(11-5-7-24-54)43(69)60-35(45(71)74-3)12-6-8-25-55-37(65)13-9-10-29-14-18-31(53)19-15-29/h14-21,26,28,34-36H,5-13,22-25,27,54H2,1-4H3,(H,55,65)(H,58,66)(H,59,68)(H,60,69)(H2,56,61,62,63,67,70). The number of aromatic amines is 1. The van der Waals surface area contributed by atoms with E-state index in [-0.39, 0.29) is 59.2 Å². The van der Waals surface area contributed by atoms with Gasteiger partial charge in [-0.25, -0.2) is 19.6 Å². The number of carbonyl (C=O) groups is 8. The molecule has 4 aromatic rings. The number of rotatable bonds is 28. The number of aryl methyl sites for hydroxylation is 1. The zero-order valence-corrected chi connectivity index (χ0v) is 43.9. The van der Waals surface area contributed by atoms with Crippen molar-refractivity contribution in [3.63, 3.8) is 0 Å². The van der Waals surface area contributed by atoms with Crippen LogP contribution in [0.25, 0.3) is 11.2 Å². The molecule has 22 nitrogen and oxygen atoms in total. The van der Waals surface area contributed by atoms with Crippen LogP contribution < -0.4 is 42.8 Å². The number of fused-ring (bicyclic) bond motifs is 1. The Hall–Kier alpha value is -7.10. The van der Waals surface area contributed by atoms with E-state index in [1.165, 1.54) is 7.11 Å². The molecule has 3 atom stereocenters. The zero-order valence-electron chi connectivity index (χ0n) is 41.8. The Morgan fingerprint density at radius 3 is 2.03 bits per heavy atom. The number of hydrogen-bond donors (Lipinski definition) is 7. The molecule has 0 spiro atoms. The largest absolute Gasteiger partial charge is 0.471 e. The summed E-state index contributed by atoms with van der Waals surface area (Å²) in [6.07, 6.45) is -1.17. The molecule has 0 aliphatic carbocycles. The minimum absolute atomic E-state index is 0.100. The normalized spacial score (nSPS) is 12.5. The Kier molecular flexibility index (Phi) is 23.9. The summed E-state index contributed by atoms with van der Waals surface area (Å²) in [6.45, 7) is 3.03. The van der Waals surface area contributed by atoms with E-state index in [0.717, 1.165) is 53.1 Å². The van der Waals surface area contributed by atoms with Gasteiger partial charge in [-0.05, 0) is 129 Å². The lowest BCUT2D eigenvalue weighted by molar-refractivity contribution is -0.170. The van der Waals surface area contributed by atoms with E-state index in [1.807, 2.05) is 24.3 Å². The minimum Gasteiger partial charge on any atom is -0.467 e. The van der Waals surface area contributed by atoms with Crippen molar-refractivity contribution in [2.75, 3.05) is 37.5 Å². The smallest absolute Gasteiger partial charge is 0.467 e. The van der Waals surface area contributed by atoms with Gasteiger partial charge in [-0.15, -0.1) is 0 Å². The van der Waals surface area contributed by atoms with Crippen LogP contribution in [-0.4, -0.2) is 119 Å². The van der Waals surface area contributed by atoms with Crippen LogP contribution in [0, 0.1) is 9.49 Å². The first-order chi connectivity index (χ1) is 35.6. The number of unbranched alkanes of at least 4 members (excludes halogenated alkanes) is 2. The second kappa shape index (κ2) is 29.7. The average molecular weight is 1160 g/mol. The molecule has 2 aromatic heterocycles. The van der Waals surface area contributed by atoms with Crippen molar-refractivity contribution in [1.82, 2.24) is 41.2 Å². The van der Waals surface area contributed by atoms with E-state index in [1.54, 1.807) is 13.8 Å². The van der Waals surface area contributed by atoms with Crippen LogP contribution in [0.15, 0.2) is 59.5 Å². The fourth-order valence-electron chi connectivity index (χ4n) is 7.23. The van der Waals surface area contributed by atoms with Crippen molar-refractivity contribution in [2.24, 2.45) is 11.7 Å². The van der Waals surface area contributed by atoms with Crippen LogP contribution in [0.2, 0.25) is 0 Å². The summed E-state index contributed by atoms with van der Waals surface area (Å²) in [5.41, 5.74) is 4.53. The van der Waals surface area contributed by atoms with Gasteiger partial charge in [0.15, 0.2) is 11.2 Å². The van der Waals surface area contributed by atoms with E-state index in [4.69, 9.17) is 15.2 Å². The Morgan fingerprint density at radius 2 is 1.40 bits per heavy atom. The summed E-state index contributed by atoms with van der Waals surface area (Å²) in [7, 11) is 2.21. The Balaban J connectivity index is 1.36. The fourth-order valence-corrected chi connectivity index (χ4v) is 7.59. The van der Waals surface area contributed by atoms with Crippen molar-refractivity contribution in [3.8, 4) is 0 Å². The molecule has 0 saturated heterocycles. The molecule has 0 aliphatic rings. The van der Waals surface area contributed by atoms with Gasteiger partial charge in [0.1, 0.15) is 18.1 Å². The maximum absolute atomic E-state index is 13.9. The minimum atomic E-state index is -5.38. The second-order valence-electron chi connectivity index (χ2n) is 17.4. The Morgan fingerprint density at radius 1 is 0.760 bits per heavy atom. The van der Waals surface area contributed by atoms with Gasteiger partial charge in [-0.3, -0.25) is 48.8 Å². The molecule has 26 heteroatoms. The molecular weight excluding hydrogens is 1100 g/mol. The molecular formula is C49H61F3IN11O11. The number of esters is 2. The predicted molar refractivity (Wildman–Crippen MR) is 275 cm³/mol. The van der Waals surface area contributed by atoms with Gasteiger partial charge in [0.25, 0.3) is 11.5 Å². The summed E-state index contributed by atoms with van der Waals surface area (Å²) < 4.78 is 52.6. The van der Waals surface area contributed by atoms with Gasteiger partial charge < -0.3 is 36.5 Å². The van der Waals surface area contributed by atoms with Crippen LogP contribution in [0.5, 0.6) is 0 Å². The van der Waals surface area contributed by atoms with E-state index in [9.17, 15) is 56.3 Å². The van der Waals surface area contributed by atoms with Gasteiger partial charge >= 0.3 is 24.0 Å². The molecule has 4 rings (SSSR count). The highest BCUT2D eigenvalue weighted by Gasteiger charge is 2.43. The summed E-state index contributed by atoms with van der Waals surface area (Å²) in [5, 5.41) is 13.0. The number of methoxy groups -OCH3 is 2. The average Bonchev–Trinajstić information content (AvgIpc) is 3.38. The monoisotopic (exact) mass is 1160 g/mol. The van der Waals surface area contributed by atoms with E-state index >= 15 is 0 Å². The van der Waals surface area contributed by atoms with Gasteiger partial charge in [0.2, 0.25) is 29.6 Å². The number of halogens is 4. The zero-order chi connectivity index (χ0) is 55.2. The molecule has 0 fully saturated rings. The second-order valence-corrected chi connectivity index (χ2v) is 18.7. The fraction of sp³-hybridized carbons (Fsp3) is 0.469. The summed E-state index contributed by atoms with van der Waals surface area (Å²) >= 11 is 2.23. The molecule has 8 N–H and O–H groups in total. The Labute approximate surface area is 443 Å². The highest BCUT2D eigenvalue weighted by atomic mass is 127. The maximum Gasteiger partial charge on any atom is 0.471 e. The number of anilines is 2. The number of alkyl halides is 3. The van der Waals surface area contributed by atoms with Crippen LogP contribution in [0.3, 0.4) is 0 Å². The third-order valence-electron chi connectivity index (χ3n) is 11.4. The first-order valence-electron chi connectivity index (χ1n) is 24.0. The number of ether oxygens (including phenoxy) is 2. The number of hydrogen-bond acceptors (Lipinski definition) is 15. The van der Waals surface area contributed by atoms with E-state index in [2.05, 4.69) is 69.1 Å². The highest BCUT2D eigenvalue weighted by molar-refractivity contribution is 14.1. The number of nitrogens with one attached hydrogen (secondary N) is 6. The van der Waals surface area contributed by atoms with Crippen molar-refractivity contribution < 1.29 is 61.0 Å². The molecule has 2 aromatic carbocycles. The van der Waals surface area contributed by atoms with Gasteiger partial charge in [-0.2, -0.15) is 18.2 Å². The predicted octanol–water partition coefficient (Wildman–Crippen LogP) is 3.64. The van der Waals surface area contributed by atoms with Gasteiger partial charge in [0.05, 0.1) is 32.7 Å². The lowest BCUT2D eigenvalue weighted by Crippen LogP contribution is -2.52. The number of H-pyrrole nitrogens is 1. The van der Waals surface area contributed by atoms with E-state index in [0.29, 0.717) is 56.5 Å². The van der Waals surface area contributed by atoms with Crippen molar-refractivity contribution >= 4 is 92.8 Å². The van der Waals surface area contributed by atoms with Crippen LogP contribution in [0.4, 0.5) is 24.8 Å². The lowest BCUT2D eigenvalue weighted by Gasteiger charge is -2.24. The Bertz CT molecular complexity index is 2690. The summed E-state index contributed by atoms with van der Waals surface area (Å²) in [4.78, 5) is 131. The molecule has 75 heavy (non-hydrogen) atoms. The van der Waals surface area contributed by atoms with Gasteiger partial charge in [0, 0.05) is 40.1 Å².